The molecular formula is C22H24N4O4S3. The van der Waals surface area contributed by atoms with Gasteiger partial charge in [0.25, 0.3) is 10.0 Å². The second-order valence-electron chi connectivity index (χ2n) is 7.02. The van der Waals surface area contributed by atoms with Crippen molar-refractivity contribution < 1.29 is 17.9 Å². The SMILES string of the molecule is C=CCSc1nnc(NC(=O)CN(c2cc(C)ccc2OC)S(=O)(=O)c2ccc(C)cc2)s1. The van der Waals surface area contributed by atoms with Crippen LogP contribution >= 0.6 is 23.1 Å². The Hall–Kier alpha value is -2.89. The van der Waals surface area contributed by atoms with Crippen molar-refractivity contribution in [1.29, 1.82) is 0 Å². The molecule has 1 aromatic heterocycles. The third kappa shape index (κ3) is 6.12. The average Bonchev–Trinajstić information content (AvgIpc) is 3.23. The molecule has 174 valence electrons. The molecule has 11 heteroatoms. The van der Waals surface area contributed by atoms with E-state index in [1.807, 2.05) is 19.9 Å². The van der Waals surface area contributed by atoms with Crippen molar-refractivity contribution in [1.82, 2.24) is 10.2 Å². The van der Waals surface area contributed by atoms with E-state index in [-0.39, 0.29) is 15.7 Å². The van der Waals surface area contributed by atoms with E-state index in [0.29, 0.717) is 15.8 Å². The van der Waals surface area contributed by atoms with Gasteiger partial charge in [-0.05, 0) is 43.7 Å². The Morgan fingerprint density at radius 2 is 1.88 bits per heavy atom. The molecule has 8 nitrogen and oxygen atoms in total. The first-order valence-electron chi connectivity index (χ1n) is 9.85. The molecule has 0 fully saturated rings. The van der Waals surface area contributed by atoms with E-state index in [4.69, 9.17) is 4.74 Å². The number of rotatable bonds is 10. The van der Waals surface area contributed by atoms with Gasteiger partial charge in [0, 0.05) is 5.75 Å². The van der Waals surface area contributed by atoms with Gasteiger partial charge in [0.05, 0.1) is 17.7 Å². The zero-order valence-corrected chi connectivity index (χ0v) is 20.9. The maximum absolute atomic E-state index is 13.6. The Bertz CT molecular complexity index is 1240. The number of carbonyl (C=O) groups is 1. The summed E-state index contributed by atoms with van der Waals surface area (Å²) in [5, 5.41) is 10.9. The molecule has 0 aliphatic carbocycles. The number of amides is 1. The summed E-state index contributed by atoms with van der Waals surface area (Å²) in [6.45, 7) is 6.90. The number of hydrogen-bond donors (Lipinski definition) is 1. The van der Waals surface area contributed by atoms with E-state index in [1.165, 1.54) is 42.3 Å². The smallest absolute Gasteiger partial charge is 0.264 e. The van der Waals surface area contributed by atoms with Crippen molar-refractivity contribution in [2.75, 3.05) is 29.0 Å². The third-order valence-corrected chi connectivity index (χ3v) is 8.22. The van der Waals surface area contributed by atoms with Crippen molar-refractivity contribution in [2.24, 2.45) is 0 Å². The quantitative estimate of drug-likeness (QED) is 0.250. The number of anilines is 2. The highest BCUT2D eigenvalue weighted by Crippen LogP contribution is 2.33. The molecule has 33 heavy (non-hydrogen) atoms. The maximum atomic E-state index is 13.6. The Kier molecular flexibility index (Phi) is 8.11. The molecule has 3 aromatic rings. The highest BCUT2D eigenvalue weighted by atomic mass is 32.2. The number of aryl methyl sites for hydroxylation is 2. The maximum Gasteiger partial charge on any atom is 0.264 e. The molecule has 3 rings (SSSR count). The number of thioether (sulfide) groups is 1. The lowest BCUT2D eigenvalue weighted by atomic mass is 10.2. The predicted molar refractivity (Wildman–Crippen MR) is 133 cm³/mol. The van der Waals surface area contributed by atoms with Gasteiger partial charge in [-0.1, -0.05) is 52.9 Å². The number of aromatic nitrogens is 2. The Balaban J connectivity index is 1.94. The minimum atomic E-state index is -4.07. The Morgan fingerprint density at radius 1 is 1.18 bits per heavy atom. The van der Waals surface area contributed by atoms with Gasteiger partial charge >= 0.3 is 0 Å². The molecular weight excluding hydrogens is 480 g/mol. The van der Waals surface area contributed by atoms with E-state index in [2.05, 4.69) is 22.1 Å². The number of nitrogens with zero attached hydrogens (tertiary/aromatic N) is 3. The van der Waals surface area contributed by atoms with Crippen LogP contribution in [0.25, 0.3) is 0 Å². The fourth-order valence-corrected chi connectivity index (χ4v) is 5.82. The fourth-order valence-electron chi connectivity index (χ4n) is 2.87. The molecule has 0 saturated heterocycles. The van der Waals surface area contributed by atoms with E-state index in [0.717, 1.165) is 15.4 Å². The summed E-state index contributed by atoms with van der Waals surface area (Å²) in [5.74, 6) is 0.451. The van der Waals surface area contributed by atoms with Crippen LogP contribution in [-0.2, 0) is 14.8 Å². The molecule has 1 amide bonds. The highest BCUT2D eigenvalue weighted by Gasteiger charge is 2.30. The third-order valence-electron chi connectivity index (χ3n) is 4.48. The summed E-state index contributed by atoms with van der Waals surface area (Å²) in [6, 6.07) is 11.6. The van der Waals surface area contributed by atoms with Gasteiger partial charge in [0.2, 0.25) is 11.0 Å². The van der Waals surface area contributed by atoms with Crippen LogP contribution in [0.15, 0.2) is 64.4 Å². The Labute approximate surface area is 201 Å². The number of methoxy groups -OCH3 is 1. The first kappa shape index (κ1) is 24.7. The van der Waals surface area contributed by atoms with Gasteiger partial charge in [-0.25, -0.2) is 8.42 Å². The van der Waals surface area contributed by atoms with Crippen molar-refractivity contribution in [3.05, 3.63) is 66.2 Å². The van der Waals surface area contributed by atoms with Crippen LogP contribution in [0, 0.1) is 13.8 Å². The molecule has 0 unspecified atom stereocenters. The van der Waals surface area contributed by atoms with Gasteiger partial charge in [-0.2, -0.15) is 0 Å². The number of sulfonamides is 1. The van der Waals surface area contributed by atoms with Gasteiger partial charge in [-0.3, -0.25) is 14.4 Å². The van der Waals surface area contributed by atoms with Crippen LogP contribution in [0.5, 0.6) is 5.75 Å². The van der Waals surface area contributed by atoms with Gasteiger partial charge in [0.1, 0.15) is 12.3 Å². The zero-order chi connectivity index (χ0) is 24.0. The van der Waals surface area contributed by atoms with Gasteiger partial charge in [-0.15, -0.1) is 16.8 Å². The van der Waals surface area contributed by atoms with Crippen LogP contribution in [0.2, 0.25) is 0 Å². The van der Waals surface area contributed by atoms with Crippen LogP contribution in [0.1, 0.15) is 11.1 Å². The number of nitrogens with one attached hydrogen (secondary N) is 1. The minimum absolute atomic E-state index is 0.0727. The van der Waals surface area contributed by atoms with Crippen molar-refractivity contribution in [3.8, 4) is 5.75 Å². The molecule has 1 heterocycles. The lowest BCUT2D eigenvalue weighted by molar-refractivity contribution is -0.114. The van der Waals surface area contributed by atoms with Gasteiger partial charge in [0.15, 0.2) is 4.34 Å². The molecule has 2 aromatic carbocycles. The lowest BCUT2D eigenvalue weighted by Crippen LogP contribution is -2.38. The molecule has 0 atom stereocenters. The largest absolute Gasteiger partial charge is 0.495 e. The van der Waals surface area contributed by atoms with Crippen molar-refractivity contribution in [2.45, 2.75) is 23.1 Å². The molecule has 0 aliphatic heterocycles. The summed E-state index contributed by atoms with van der Waals surface area (Å²) in [5.41, 5.74) is 2.02. The summed E-state index contributed by atoms with van der Waals surface area (Å²) in [4.78, 5) is 13.0. The number of carbonyl (C=O) groups excluding carboxylic acids is 1. The summed E-state index contributed by atoms with van der Waals surface area (Å²) >= 11 is 2.65. The second-order valence-corrected chi connectivity index (χ2v) is 11.1. The van der Waals surface area contributed by atoms with Crippen LogP contribution < -0.4 is 14.4 Å². The monoisotopic (exact) mass is 504 g/mol. The van der Waals surface area contributed by atoms with Crippen molar-refractivity contribution in [3.63, 3.8) is 0 Å². The first-order chi connectivity index (χ1) is 15.7. The predicted octanol–water partition coefficient (Wildman–Crippen LogP) is 4.28. The highest BCUT2D eigenvalue weighted by molar-refractivity contribution is 8.01. The van der Waals surface area contributed by atoms with E-state index in [9.17, 15) is 13.2 Å². The molecule has 0 aliphatic rings. The minimum Gasteiger partial charge on any atom is -0.495 e. The fraction of sp³-hybridized carbons (Fsp3) is 0.227. The zero-order valence-electron chi connectivity index (χ0n) is 18.4. The van der Waals surface area contributed by atoms with E-state index < -0.39 is 22.5 Å². The van der Waals surface area contributed by atoms with Crippen LogP contribution in [0.3, 0.4) is 0 Å². The lowest BCUT2D eigenvalue weighted by Gasteiger charge is -2.26. The normalized spacial score (nSPS) is 11.1. The van der Waals surface area contributed by atoms with Crippen molar-refractivity contribution >= 4 is 49.8 Å². The average molecular weight is 505 g/mol. The standard InChI is InChI=1S/C22H24N4O4S3/c1-5-12-31-22-25-24-21(32-22)23-20(27)14-26(18-13-16(3)8-11-19(18)30-4)33(28,29)17-9-6-15(2)7-10-17/h5-11,13H,1,12,14H2,2-4H3,(H,23,24,27). The van der Waals surface area contributed by atoms with Crippen LogP contribution in [-0.4, -0.2) is 43.9 Å². The second kappa shape index (κ2) is 10.8. The van der Waals surface area contributed by atoms with Crippen LogP contribution in [0.4, 0.5) is 10.8 Å². The molecule has 0 saturated carbocycles. The van der Waals surface area contributed by atoms with E-state index >= 15 is 0 Å². The molecule has 0 radical (unpaired) electrons. The molecule has 0 spiro atoms. The molecule has 0 bridgehead atoms. The number of benzene rings is 2. The number of ether oxygens (including phenoxy) is 1. The van der Waals surface area contributed by atoms with E-state index in [1.54, 1.807) is 30.3 Å². The number of hydrogen-bond acceptors (Lipinski definition) is 8. The topological polar surface area (TPSA) is 101 Å². The first-order valence-corrected chi connectivity index (χ1v) is 13.1. The summed E-state index contributed by atoms with van der Waals surface area (Å²) in [6.07, 6.45) is 1.74. The summed E-state index contributed by atoms with van der Waals surface area (Å²) < 4.78 is 34.3. The summed E-state index contributed by atoms with van der Waals surface area (Å²) in [7, 11) is -2.62. The Morgan fingerprint density at radius 3 is 2.55 bits per heavy atom. The molecule has 1 N–H and O–H groups in total. The van der Waals surface area contributed by atoms with Gasteiger partial charge < -0.3 is 4.74 Å².